The number of allylic oxidation sites excluding steroid dienone is 2. The maximum atomic E-state index is 13.0. The smallest absolute Gasteiger partial charge is 0.355 e. The molecule has 3 bridgehead atoms. The van der Waals surface area contributed by atoms with Gasteiger partial charge >= 0.3 is 5.97 Å². The van der Waals surface area contributed by atoms with E-state index < -0.39 is 5.97 Å². The van der Waals surface area contributed by atoms with E-state index in [1.165, 1.54) is 19.3 Å². The fraction of sp³-hybridized carbons (Fsp3) is 0.556. The number of thiazole rings is 1. The molecule has 0 saturated heterocycles. The molecule has 3 saturated carbocycles. The number of benzene rings is 1. The fourth-order valence-corrected chi connectivity index (χ4v) is 12.6. The molecule has 6 unspecified atom stereocenters. The van der Waals surface area contributed by atoms with Crippen molar-refractivity contribution in [3.8, 4) is 11.1 Å². The SMILES string of the molecule is CC1=C(Nc2nc3ccccc3s2)NNC2=C1CCCN2c1ccc(-c2cnn(CC34CC5CCC3C(C)CC(OCCNC(CO)CO)CC5(C)C4)c2C)c(C(=O)O)n1. The first-order valence-corrected chi connectivity index (χ1v) is 22.5. The number of aromatic carboxylic acids is 1. The molecule has 4 aromatic rings. The topological polar surface area (TPSA) is 182 Å². The first-order valence-electron chi connectivity index (χ1n) is 21.7. The second kappa shape index (κ2) is 16.4. The lowest BCUT2D eigenvalue weighted by molar-refractivity contribution is -0.0317. The van der Waals surface area contributed by atoms with Gasteiger partial charge in [-0.2, -0.15) is 5.10 Å². The number of hydrogen-bond donors (Lipinski definition) is 7. The number of aromatic nitrogens is 4. The quantitative estimate of drug-likeness (QED) is 0.0695. The van der Waals surface area contributed by atoms with Crippen LogP contribution in [0.15, 0.2) is 65.4 Å². The average Bonchev–Trinajstić information content (AvgIpc) is 3.89. The summed E-state index contributed by atoms with van der Waals surface area (Å²) < 4.78 is 9.79. The highest BCUT2D eigenvalue weighted by Crippen LogP contribution is 2.67. The monoisotopic (exact) mass is 837 g/mol. The number of carbonyl (C=O) groups is 1. The third kappa shape index (κ3) is 7.46. The van der Waals surface area contributed by atoms with E-state index in [-0.39, 0.29) is 41.9 Å². The van der Waals surface area contributed by atoms with Crippen molar-refractivity contribution in [2.75, 3.05) is 43.1 Å². The van der Waals surface area contributed by atoms with Crippen LogP contribution in [0.3, 0.4) is 0 Å². The Morgan fingerprint density at radius 1 is 1.08 bits per heavy atom. The number of fused-ring (bicyclic) bond motifs is 4. The van der Waals surface area contributed by atoms with Crippen LogP contribution >= 0.6 is 11.3 Å². The zero-order valence-corrected chi connectivity index (χ0v) is 35.9. The molecule has 5 heterocycles. The molecule has 3 aliphatic carbocycles. The number of nitrogens with one attached hydrogen (secondary N) is 4. The number of nitrogens with zero attached hydrogens (tertiary/aromatic N) is 5. The highest BCUT2D eigenvalue weighted by atomic mass is 32.1. The minimum absolute atomic E-state index is 0.0202. The number of rotatable bonds is 14. The lowest BCUT2D eigenvalue weighted by Gasteiger charge is -2.46. The number of hydrogen-bond acceptors (Lipinski definition) is 13. The van der Waals surface area contributed by atoms with Gasteiger partial charge in [0.1, 0.15) is 17.5 Å². The number of carboxylic acid groups (broad SMARTS) is 1. The van der Waals surface area contributed by atoms with Gasteiger partial charge in [0.05, 0.1) is 48.4 Å². The molecule has 0 spiro atoms. The van der Waals surface area contributed by atoms with E-state index >= 15 is 0 Å². The van der Waals surface area contributed by atoms with Crippen LogP contribution in [0.5, 0.6) is 0 Å². The summed E-state index contributed by atoms with van der Waals surface area (Å²) in [5.74, 6) is 2.89. The van der Waals surface area contributed by atoms with Crippen molar-refractivity contribution in [2.24, 2.45) is 28.6 Å². The van der Waals surface area contributed by atoms with Gasteiger partial charge < -0.3 is 35.6 Å². The third-order valence-electron chi connectivity index (χ3n) is 14.6. The number of pyridine rings is 1. The van der Waals surface area contributed by atoms with Crippen molar-refractivity contribution >= 4 is 38.5 Å². The summed E-state index contributed by atoms with van der Waals surface area (Å²) in [6.07, 6.45) is 10.6. The van der Waals surface area contributed by atoms with E-state index in [1.807, 2.05) is 36.5 Å². The largest absolute Gasteiger partial charge is 0.476 e. The van der Waals surface area contributed by atoms with E-state index in [0.29, 0.717) is 48.8 Å². The zero-order valence-electron chi connectivity index (χ0n) is 35.1. The van der Waals surface area contributed by atoms with Crippen molar-refractivity contribution in [2.45, 2.75) is 97.8 Å². The molecular formula is C45H59N9O5S. The molecule has 6 atom stereocenters. The standard InChI is InChI=1S/C45H59N9O5S/c1-26-18-31(59-17-15-46-30(22-55)23-56)20-44(4)24-45(19-29(44)11-13-35(26)45)25-54-28(3)34(21-47-54)33-12-14-38(49-39(33)42(57)58)53-16-7-8-32-27(2)40(51-52-41(32)53)50-43-48-36-9-5-6-10-37(36)60-43/h5-6,9-10,12,14,21,26,29-31,35,46,51-52,55-56H,7-8,11,13,15-20,22-25H2,1-4H3,(H,48,50)(H,57,58). The van der Waals surface area contributed by atoms with Crippen LogP contribution in [-0.4, -0.2) is 86.1 Å². The minimum Gasteiger partial charge on any atom is -0.476 e. The predicted molar refractivity (Wildman–Crippen MR) is 233 cm³/mol. The fourth-order valence-electron chi connectivity index (χ4n) is 11.7. The van der Waals surface area contributed by atoms with Crippen LogP contribution in [0.25, 0.3) is 21.3 Å². The Morgan fingerprint density at radius 3 is 2.72 bits per heavy atom. The number of ether oxygens (including phenoxy) is 1. The van der Waals surface area contributed by atoms with Gasteiger partial charge in [0.15, 0.2) is 10.8 Å². The van der Waals surface area contributed by atoms with E-state index in [0.717, 1.165) is 88.0 Å². The average molecular weight is 838 g/mol. The van der Waals surface area contributed by atoms with Gasteiger partial charge in [0.2, 0.25) is 0 Å². The van der Waals surface area contributed by atoms with E-state index in [1.54, 1.807) is 11.3 Å². The predicted octanol–water partition coefficient (Wildman–Crippen LogP) is 6.40. The molecule has 9 rings (SSSR count). The summed E-state index contributed by atoms with van der Waals surface area (Å²) in [6.45, 7) is 11.5. The first kappa shape index (κ1) is 40.8. The molecule has 5 aliphatic rings. The summed E-state index contributed by atoms with van der Waals surface area (Å²) in [5, 5.41) is 41.9. The van der Waals surface area contributed by atoms with Crippen molar-refractivity contribution < 1.29 is 24.9 Å². The molecule has 14 nitrogen and oxygen atoms in total. The number of aliphatic hydroxyl groups excluding tert-OH is 2. The van der Waals surface area contributed by atoms with Gasteiger partial charge in [0.25, 0.3) is 0 Å². The van der Waals surface area contributed by atoms with Crippen LogP contribution in [0.4, 0.5) is 10.9 Å². The molecule has 3 aromatic heterocycles. The second-order valence-electron chi connectivity index (χ2n) is 18.3. The van der Waals surface area contributed by atoms with Crippen molar-refractivity contribution in [3.05, 3.63) is 76.8 Å². The van der Waals surface area contributed by atoms with Crippen molar-refractivity contribution in [1.29, 1.82) is 0 Å². The van der Waals surface area contributed by atoms with Crippen molar-refractivity contribution in [3.63, 3.8) is 0 Å². The van der Waals surface area contributed by atoms with Gasteiger partial charge in [0, 0.05) is 42.0 Å². The molecule has 1 aromatic carbocycles. The van der Waals surface area contributed by atoms with Gasteiger partial charge in [-0.05, 0) is 124 Å². The normalized spacial score (nSPS) is 27.6. The second-order valence-corrected chi connectivity index (χ2v) is 19.4. The molecule has 0 radical (unpaired) electrons. The Kier molecular flexibility index (Phi) is 11.2. The Labute approximate surface area is 355 Å². The highest BCUT2D eigenvalue weighted by Gasteiger charge is 2.60. The third-order valence-corrected chi connectivity index (χ3v) is 15.5. The Balaban J connectivity index is 0.934. The number of aliphatic hydroxyl groups is 2. The molecule has 7 N–H and O–H groups in total. The van der Waals surface area contributed by atoms with Gasteiger partial charge in [-0.25, -0.2) is 14.8 Å². The summed E-state index contributed by atoms with van der Waals surface area (Å²) >= 11 is 1.61. The molecule has 0 amide bonds. The van der Waals surface area contributed by atoms with Crippen LogP contribution in [-0.2, 0) is 11.3 Å². The van der Waals surface area contributed by atoms with Crippen LogP contribution in [0.2, 0.25) is 0 Å². The lowest BCUT2D eigenvalue weighted by atomic mass is 9.61. The number of para-hydroxylation sites is 1. The summed E-state index contributed by atoms with van der Waals surface area (Å²) in [7, 11) is 0. The van der Waals surface area contributed by atoms with Crippen LogP contribution < -0.4 is 26.4 Å². The van der Waals surface area contributed by atoms with Gasteiger partial charge in [-0.15, -0.1) is 0 Å². The van der Waals surface area contributed by atoms with Crippen LogP contribution in [0, 0.1) is 35.5 Å². The Bertz CT molecular complexity index is 2290. The van der Waals surface area contributed by atoms with E-state index in [4.69, 9.17) is 19.8 Å². The van der Waals surface area contributed by atoms with E-state index in [9.17, 15) is 20.1 Å². The Morgan fingerprint density at radius 2 is 1.92 bits per heavy atom. The molecular weight excluding hydrogens is 779 g/mol. The molecule has 2 aliphatic heterocycles. The molecule has 320 valence electrons. The van der Waals surface area contributed by atoms with Crippen molar-refractivity contribution in [1.82, 2.24) is 35.9 Å². The lowest BCUT2D eigenvalue weighted by Crippen LogP contribution is -2.47. The number of hydrazine groups is 1. The highest BCUT2D eigenvalue weighted by molar-refractivity contribution is 7.22. The molecule has 60 heavy (non-hydrogen) atoms. The summed E-state index contributed by atoms with van der Waals surface area (Å²) in [5.41, 5.74) is 12.6. The van der Waals surface area contributed by atoms with Gasteiger partial charge in [-0.3, -0.25) is 15.5 Å². The molecule has 15 heteroatoms. The van der Waals surface area contributed by atoms with E-state index in [2.05, 4.69) is 64.8 Å². The zero-order chi connectivity index (χ0) is 41.8. The summed E-state index contributed by atoms with van der Waals surface area (Å²) in [6, 6.07) is 11.6. The molecule has 3 fully saturated rings. The first-order chi connectivity index (χ1) is 29.0. The summed E-state index contributed by atoms with van der Waals surface area (Å²) in [4.78, 5) is 24.6. The van der Waals surface area contributed by atoms with Gasteiger partial charge in [-0.1, -0.05) is 37.3 Å². The minimum atomic E-state index is -1.07. The maximum Gasteiger partial charge on any atom is 0.355 e. The Hall–Kier alpha value is -4.54. The number of carboxylic acids is 1. The maximum absolute atomic E-state index is 13.0. The number of anilines is 2. The van der Waals surface area contributed by atoms with Crippen LogP contribution in [0.1, 0.15) is 88.3 Å².